The third-order valence-electron chi connectivity index (χ3n) is 3.19. The van der Waals surface area contributed by atoms with Crippen molar-refractivity contribution >= 4 is 29.2 Å². The van der Waals surface area contributed by atoms with Gasteiger partial charge in [-0.05, 0) is 19.4 Å². The Bertz CT molecular complexity index is 562. The number of esters is 1. The van der Waals surface area contributed by atoms with Crippen LogP contribution in [0.5, 0.6) is 5.75 Å². The normalized spacial score (nSPS) is 11.7. The molecule has 0 unspecified atom stereocenters. The van der Waals surface area contributed by atoms with Crippen LogP contribution in [0.2, 0.25) is 5.02 Å². The van der Waals surface area contributed by atoms with Gasteiger partial charge < -0.3 is 19.5 Å². The SMILES string of the molecule is CCCCO[C@@H](C)C(=O)Nc1cc(OC)c(C(=O)OC)cc1Cl. The predicted molar refractivity (Wildman–Crippen MR) is 88.3 cm³/mol. The number of nitrogens with one attached hydrogen (secondary N) is 1. The van der Waals surface area contributed by atoms with Crippen molar-refractivity contribution in [3.63, 3.8) is 0 Å². The number of carbonyl (C=O) groups excluding carboxylic acids is 2. The van der Waals surface area contributed by atoms with Gasteiger partial charge in [-0.2, -0.15) is 0 Å². The first kappa shape index (κ1) is 19.3. The highest BCUT2D eigenvalue weighted by Gasteiger charge is 2.19. The molecule has 0 saturated heterocycles. The molecule has 0 aliphatic rings. The summed E-state index contributed by atoms with van der Waals surface area (Å²) in [6, 6.07) is 2.87. The Labute approximate surface area is 141 Å². The summed E-state index contributed by atoms with van der Waals surface area (Å²) in [6.45, 7) is 4.23. The van der Waals surface area contributed by atoms with E-state index in [4.69, 9.17) is 21.1 Å². The summed E-state index contributed by atoms with van der Waals surface area (Å²) in [6.07, 6.45) is 1.27. The Hall–Kier alpha value is -1.79. The second-order valence-electron chi connectivity index (χ2n) is 4.88. The van der Waals surface area contributed by atoms with Crippen LogP contribution in [0.1, 0.15) is 37.0 Å². The molecule has 0 bridgehead atoms. The number of unbranched alkanes of at least 4 members (excludes halogenated alkanes) is 1. The first-order valence-corrected chi connectivity index (χ1v) is 7.70. The molecule has 1 aromatic rings. The van der Waals surface area contributed by atoms with Crippen molar-refractivity contribution in [2.24, 2.45) is 0 Å². The number of ether oxygens (including phenoxy) is 3. The summed E-state index contributed by atoms with van der Waals surface area (Å²) in [4.78, 5) is 23.8. The Balaban J connectivity index is 2.88. The van der Waals surface area contributed by atoms with Crippen molar-refractivity contribution in [1.82, 2.24) is 0 Å². The molecule has 23 heavy (non-hydrogen) atoms. The van der Waals surface area contributed by atoms with Gasteiger partial charge in [-0.1, -0.05) is 24.9 Å². The Morgan fingerprint density at radius 1 is 1.30 bits per heavy atom. The molecule has 1 N–H and O–H groups in total. The zero-order chi connectivity index (χ0) is 17.4. The molecule has 1 aromatic carbocycles. The maximum absolute atomic E-state index is 12.1. The average molecular weight is 344 g/mol. The highest BCUT2D eigenvalue weighted by atomic mass is 35.5. The highest BCUT2D eigenvalue weighted by molar-refractivity contribution is 6.34. The maximum Gasteiger partial charge on any atom is 0.341 e. The van der Waals surface area contributed by atoms with E-state index in [1.807, 2.05) is 6.92 Å². The van der Waals surface area contributed by atoms with Crippen LogP contribution in [-0.4, -0.2) is 38.8 Å². The van der Waals surface area contributed by atoms with Crippen LogP contribution < -0.4 is 10.1 Å². The largest absolute Gasteiger partial charge is 0.496 e. The second kappa shape index (κ2) is 9.37. The summed E-state index contributed by atoms with van der Waals surface area (Å²) in [5.41, 5.74) is 0.525. The molecule has 1 rings (SSSR count). The van der Waals surface area contributed by atoms with Crippen molar-refractivity contribution in [2.75, 3.05) is 26.1 Å². The quantitative estimate of drug-likeness (QED) is 0.579. The molecule has 128 valence electrons. The summed E-state index contributed by atoms with van der Waals surface area (Å²) >= 11 is 6.12. The van der Waals surface area contributed by atoms with Crippen molar-refractivity contribution in [1.29, 1.82) is 0 Å². The van der Waals surface area contributed by atoms with Gasteiger partial charge in [0.1, 0.15) is 17.4 Å². The monoisotopic (exact) mass is 343 g/mol. The van der Waals surface area contributed by atoms with Gasteiger partial charge in [0.05, 0.1) is 24.9 Å². The van der Waals surface area contributed by atoms with Gasteiger partial charge in [0.2, 0.25) is 0 Å². The van der Waals surface area contributed by atoms with E-state index in [1.54, 1.807) is 6.92 Å². The highest BCUT2D eigenvalue weighted by Crippen LogP contribution is 2.31. The van der Waals surface area contributed by atoms with E-state index in [1.165, 1.54) is 26.4 Å². The van der Waals surface area contributed by atoms with E-state index in [2.05, 4.69) is 10.1 Å². The lowest BCUT2D eigenvalue weighted by molar-refractivity contribution is -0.126. The molecule has 0 saturated carbocycles. The average Bonchev–Trinajstić information content (AvgIpc) is 2.55. The minimum absolute atomic E-state index is 0.185. The molecular formula is C16H22ClNO5. The third-order valence-corrected chi connectivity index (χ3v) is 3.50. The second-order valence-corrected chi connectivity index (χ2v) is 5.29. The molecular weight excluding hydrogens is 322 g/mol. The number of anilines is 1. The van der Waals surface area contributed by atoms with Gasteiger partial charge >= 0.3 is 5.97 Å². The Kier molecular flexibility index (Phi) is 7.85. The van der Waals surface area contributed by atoms with Gasteiger partial charge in [0.25, 0.3) is 5.91 Å². The fourth-order valence-corrected chi connectivity index (χ4v) is 2.01. The Morgan fingerprint density at radius 2 is 2.00 bits per heavy atom. The number of carbonyl (C=O) groups is 2. The summed E-state index contributed by atoms with van der Waals surface area (Å²) in [5.74, 6) is -0.634. The van der Waals surface area contributed by atoms with E-state index < -0.39 is 12.1 Å². The lowest BCUT2D eigenvalue weighted by Gasteiger charge is -2.15. The van der Waals surface area contributed by atoms with Gasteiger partial charge in [-0.25, -0.2) is 4.79 Å². The van der Waals surface area contributed by atoms with Gasteiger partial charge in [0, 0.05) is 12.7 Å². The molecule has 6 nitrogen and oxygen atoms in total. The number of rotatable bonds is 8. The van der Waals surface area contributed by atoms with Crippen molar-refractivity contribution in [3.8, 4) is 5.75 Å². The van der Waals surface area contributed by atoms with E-state index >= 15 is 0 Å². The molecule has 7 heteroatoms. The Morgan fingerprint density at radius 3 is 2.57 bits per heavy atom. The van der Waals surface area contributed by atoms with Gasteiger partial charge in [-0.3, -0.25) is 4.79 Å². The smallest absolute Gasteiger partial charge is 0.341 e. The van der Waals surface area contributed by atoms with Crippen LogP contribution >= 0.6 is 11.6 Å². The number of amides is 1. The van der Waals surface area contributed by atoms with Crippen LogP contribution in [0, 0.1) is 0 Å². The molecule has 0 spiro atoms. The lowest BCUT2D eigenvalue weighted by Crippen LogP contribution is -2.28. The van der Waals surface area contributed by atoms with Crippen LogP contribution in [0.3, 0.4) is 0 Å². The minimum atomic E-state index is -0.608. The third kappa shape index (κ3) is 5.41. The summed E-state index contributed by atoms with van der Waals surface area (Å²) in [7, 11) is 2.68. The molecule has 1 atom stereocenters. The number of halogens is 1. The number of methoxy groups -OCH3 is 2. The fraction of sp³-hybridized carbons (Fsp3) is 0.500. The molecule has 0 aromatic heterocycles. The molecule has 1 amide bonds. The predicted octanol–water partition coefficient (Wildman–Crippen LogP) is 3.28. The zero-order valence-electron chi connectivity index (χ0n) is 13.8. The van der Waals surface area contributed by atoms with E-state index in [0.29, 0.717) is 12.3 Å². The van der Waals surface area contributed by atoms with E-state index in [-0.39, 0.29) is 22.2 Å². The first-order valence-electron chi connectivity index (χ1n) is 7.32. The van der Waals surface area contributed by atoms with Crippen LogP contribution in [0.25, 0.3) is 0 Å². The number of hydrogen-bond donors (Lipinski definition) is 1. The minimum Gasteiger partial charge on any atom is -0.496 e. The topological polar surface area (TPSA) is 73.9 Å². The van der Waals surface area contributed by atoms with Crippen molar-refractivity contribution < 1.29 is 23.8 Å². The zero-order valence-corrected chi connectivity index (χ0v) is 14.5. The van der Waals surface area contributed by atoms with Gasteiger partial charge in [-0.15, -0.1) is 0 Å². The lowest BCUT2D eigenvalue weighted by atomic mass is 10.1. The number of benzene rings is 1. The summed E-state index contributed by atoms with van der Waals surface area (Å²) < 4.78 is 15.2. The van der Waals surface area contributed by atoms with Crippen LogP contribution in [0.15, 0.2) is 12.1 Å². The van der Waals surface area contributed by atoms with E-state index in [9.17, 15) is 9.59 Å². The number of hydrogen-bond acceptors (Lipinski definition) is 5. The molecule has 0 radical (unpaired) electrons. The van der Waals surface area contributed by atoms with Crippen LogP contribution in [0.4, 0.5) is 5.69 Å². The molecule has 0 heterocycles. The molecule has 0 aliphatic carbocycles. The first-order chi connectivity index (χ1) is 10.9. The van der Waals surface area contributed by atoms with E-state index in [0.717, 1.165) is 12.8 Å². The van der Waals surface area contributed by atoms with Gasteiger partial charge in [0.15, 0.2) is 0 Å². The van der Waals surface area contributed by atoms with Crippen LogP contribution in [-0.2, 0) is 14.3 Å². The molecule has 0 fully saturated rings. The summed E-state index contributed by atoms with van der Waals surface area (Å²) in [5, 5.41) is 2.88. The maximum atomic E-state index is 12.1. The standard InChI is InChI=1S/C16H22ClNO5/c1-5-6-7-23-10(2)15(19)18-13-9-14(21-3)11(8-12(13)17)16(20)22-4/h8-10H,5-7H2,1-4H3,(H,18,19)/t10-/m0/s1. The van der Waals surface area contributed by atoms with Crippen molar-refractivity contribution in [3.05, 3.63) is 22.7 Å². The van der Waals surface area contributed by atoms with Crippen molar-refractivity contribution in [2.45, 2.75) is 32.8 Å². The fourth-order valence-electron chi connectivity index (χ4n) is 1.80. The molecule has 0 aliphatic heterocycles.